The molecule has 1 aromatic heterocycles. The zero-order chi connectivity index (χ0) is 17.9. The molecule has 2 aromatic carbocycles. The summed E-state index contributed by atoms with van der Waals surface area (Å²) in [7, 11) is 1.70. The molecule has 2 N–H and O–H groups in total. The topological polar surface area (TPSA) is 70.2 Å². The quantitative estimate of drug-likeness (QED) is 0.742. The first-order valence-electron chi connectivity index (χ1n) is 8.85. The van der Waals surface area contributed by atoms with Crippen LogP contribution >= 0.6 is 0 Å². The van der Waals surface area contributed by atoms with Crippen molar-refractivity contribution in [3.8, 4) is 5.75 Å². The van der Waals surface area contributed by atoms with Crippen molar-refractivity contribution >= 4 is 22.5 Å². The van der Waals surface area contributed by atoms with E-state index in [0.717, 1.165) is 41.9 Å². The van der Waals surface area contributed by atoms with E-state index in [1.165, 1.54) is 0 Å². The molecular weight excluding hydrogens is 328 g/mol. The number of H-pyrrole nitrogens is 1. The van der Waals surface area contributed by atoms with Gasteiger partial charge in [-0.1, -0.05) is 30.3 Å². The van der Waals surface area contributed by atoms with Gasteiger partial charge in [-0.05, 0) is 30.5 Å². The molecule has 1 atom stereocenters. The minimum absolute atomic E-state index is 0.127. The van der Waals surface area contributed by atoms with Gasteiger partial charge >= 0.3 is 0 Å². The van der Waals surface area contributed by atoms with Gasteiger partial charge < -0.3 is 15.0 Å². The van der Waals surface area contributed by atoms with Crippen molar-refractivity contribution in [3.63, 3.8) is 0 Å². The lowest BCUT2D eigenvalue weighted by atomic mass is 10.1. The number of carbonyl (C=O) groups is 1. The lowest BCUT2D eigenvalue weighted by molar-refractivity contribution is 0.0945. The van der Waals surface area contributed by atoms with E-state index in [-0.39, 0.29) is 5.91 Å². The van der Waals surface area contributed by atoms with Gasteiger partial charge in [0.1, 0.15) is 5.75 Å². The van der Waals surface area contributed by atoms with Crippen molar-refractivity contribution < 1.29 is 9.53 Å². The SMILES string of the molecule is COc1ccccc1N1CC[C@H](CNC(=O)c2n[nH]c3ccccc23)C1. The van der Waals surface area contributed by atoms with Crippen molar-refractivity contribution in [2.75, 3.05) is 31.6 Å². The molecule has 0 aliphatic carbocycles. The Balaban J connectivity index is 1.38. The van der Waals surface area contributed by atoms with E-state index in [1.54, 1.807) is 7.11 Å². The van der Waals surface area contributed by atoms with Crippen molar-refractivity contribution in [2.24, 2.45) is 5.92 Å². The molecule has 4 rings (SSSR count). The number of carbonyl (C=O) groups excluding carboxylic acids is 1. The number of aromatic nitrogens is 2. The number of ether oxygens (including phenoxy) is 1. The molecule has 0 spiro atoms. The molecule has 6 heteroatoms. The van der Waals surface area contributed by atoms with Gasteiger partial charge in [-0.15, -0.1) is 0 Å². The maximum absolute atomic E-state index is 12.5. The first-order valence-corrected chi connectivity index (χ1v) is 8.85. The number of nitrogens with one attached hydrogen (secondary N) is 2. The van der Waals surface area contributed by atoms with Crippen LogP contribution in [0, 0.1) is 5.92 Å². The standard InChI is InChI=1S/C20H22N4O2/c1-26-18-9-5-4-8-17(18)24-11-10-14(13-24)12-21-20(25)19-15-6-2-3-7-16(15)22-23-19/h2-9,14H,10-13H2,1H3,(H,21,25)(H,22,23)/t14-/m1/s1. The van der Waals surface area contributed by atoms with E-state index in [4.69, 9.17) is 4.74 Å². The number of benzene rings is 2. The minimum atomic E-state index is -0.127. The molecule has 1 amide bonds. The Bertz CT molecular complexity index is 921. The number of hydrogen-bond donors (Lipinski definition) is 2. The number of methoxy groups -OCH3 is 1. The van der Waals surface area contributed by atoms with Crippen LogP contribution < -0.4 is 15.0 Å². The highest BCUT2D eigenvalue weighted by atomic mass is 16.5. The number of anilines is 1. The Labute approximate surface area is 152 Å². The van der Waals surface area contributed by atoms with Crippen LogP contribution in [0.2, 0.25) is 0 Å². The van der Waals surface area contributed by atoms with E-state index in [9.17, 15) is 4.79 Å². The number of hydrogen-bond acceptors (Lipinski definition) is 4. The van der Waals surface area contributed by atoms with Crippen LogP contribution in [0.5, 0.6) is 5.75 Å². The zero-order valence-corrected chi connectivity index (χ0v) is 14.7. The summed E-state index contributed by atoms with van der Waals surface area (Å²) >= 11 is 0. The molecule has 26 heavy (non-hydrogen) atoms. The van der Waals surface area contributed by atoms with Crippen molar-refractivity contribution in [2.45, 2.75) is 6.42 Å². The van der Waals surface area contributed by atoms with Crippen LogP contribution in [0.1, 0.15) is 16.9 Å². The predicted molar refractivity (Wildman–Crippen MR) is 102 cm³/mol. The highest BCUT2D eigenvalue weighted by molar-refractivity contribution is 6.04. The Morgan fingerprint density at radius 3 is 2.96 bits per heavy atom. The average Bonchev–Trinajstić information content (AvgIpc) is 3.33. The van der Waals surface area contributed by atoms with Crippen LogP contribution in [0.15, 0.2) is 48.5 Å². The highest BCUT2D eigenvalue weighted by Crippen LogP contribution is 2.31. The van der Waals surface area contributed by atoms with E-state index in [2.05, 4.69) is 26.5 Å². The van der Waals surface area contributed by atoms with Gasteiger partial charge in [0.25, 0.3) is 5.91 Å². The number of rotatable bonds is 5. The summed E-state index contributed by atoms with van der Waals surface area (Å²) in [6.45, 7) is 2.51. The maximum Gasteiger partial charge on any atom is 0.272 e. The average molecular weight is 350 g/mol. The Hall–Kier alpha value is -3.02. The van der Waals surface area contributed by atoms with Crippen LogP contribution in [0.25, 0.3) is 10.9 Å². The summed E-state index contributed by atoms with van der Waals surface area (Å²) < 4.78 is 5.46. The second kappa shape index (κ2) is 7.07. The Morgan fingerprint density at radius 1 is 1.27 bits per heavy atom. The number of amides is 1. The predicted octanol–water partition coefficient (Wildman–Crippen LogP) is 2.83. The highest BCUT2D eigenvalue weighted by Gasteiger charge is 2.25. The van der Waals surface area contributed by atoms with Crippen molar-refractivity contribution in [1.29, 1.82) is 0 Å². The third-order valence-electron chi connectivity index (χ3n) is 4.95. The molecule has 3 aromatic rings. The monoisotopic (exact) mass is 350 g/mol. The molecule has 6 nitrogen and oxygen atoms in total. The summed E-state index contributed by atoms with van der Waals surface area (Å²) in [5.41, 5.74) is 2.45. The molecule has 1 saturated heterocycles. The third-order valence-corrected chi connectivity index (χ3v) is 4.95. The van der Waals surface area contributed by atoms with Crippen LogP contribution in [0.3, 0.4) is 0 Å². The fourth-order valence-corrected chi connectivity index (χ4v) is 3.57. The zero-order valence-electron chi connectivity index (χ0n) is 14.7. The molecule has 0 saturated carbocycles. The normalized spacial score (nSPS) is 16.8. The maximum atomic E-state index is 12.5. The fraction of sp³-hybridized carbons (Fsp3) is 0.300. The van der Waals surface area contributed by atoms with Crippen LogP contribution in [-0.2, 0) is 0 Å². The second-order valence-corrected chi connectivity index (χ2v) is 6.60. The summed E-state index contributed by atoms with van der Waals surface area (Å²) in [4.78, 5) is 14.8. The number of aromatic amines is 1. The minimum Gasteiger partial charge on any atom is -0.495 e. The first-order chi connectivity index (χ1) is 12.8. The number of para-hydroxylation sites is 3. The van der Waals surface area contributed by atoms with Crippen molar-refractivity contribution in [1.82, 2.24) is 15.5 Å². The lowest BCUT2D eigenvalue weighted by Gasteiger charge is -2.21. The Kier molecular flexibility index (Phi) is 4.48. The molecule has 2 heterocycles. The largest absolute Gasteiger partial charge is 0.495 e. The number of fused-ring (bicyclic) bond motifs is 1. The second-order valence-electron chi connectivity index (χ2n) is 6.60. The number of nitrogens with zero attached hydrogens (tertiary/aromatic N) is 2. The molecule has 1 fully saturated rings. The summed E-state index contributed by atoms with van der Waals surface area (Å²) in [6.07, 6.45) is 1.04. The fourth-order valence-electron chi connectivity index (χ4n) is 3.57. The van der Waals surface area contributed by atoms with Crippen LogP contribution in [0.4, 0.5) is 5.69 Å². The molecule has 1 aliphatic heterocycles. The lowest BCUT2D eigenvalue weighted by Crippen LogP contribution is -2.31. The summed E-state index contributed by atoms with van der Waals surface area (Å²) in [5, 5.41) is 11.0. The van der Waals surface area contributed by atoms with Gasteiger partial charge in [0.05, 0.1) is 18.3 Å². The van der Waals surface area contributed by atoms with Crippen molar-refractivity contribution in [3.05, 3.63) is 54.2 Å². The van der Waals surface area contributed by atoms with Gasteiger partial charge in [0, 0.05) is 25.0 Å². The van der Waals surface area contributed by atoms with Gasteiger partial charge in [-0.3, -0.25) is 9.89 Å². The van der Waals surface area contributed by atoms with Crippen LogP contribution in [-0.4, -0.2) is 42.8 Å². The molecular formula is C20H22N4O2. The summed E-state index contributed by atoms with van der Waals surface area (Å²) in [5.74, 6) is 1.17. The smallest absolute Gasteiger partial charge is 0.272 e. The van der Waals surface area contributed by atoms with E-state index in [0.29, 0.717) is 18.2 Å². The van der Waals surface area contributed by atoms with Gasteiger partial charge in [0.15, 0.2) is 5.69 Å². The van der Waals surface area contributed by atoms with Gasteiger partial charge in [0.2, 0.25) is 0 Å². The Morgan fingerprint density at radius 2 is 2.08 bits per heavy atom. The molecule has 0 bridgehead atoms. The molecule has 0 unspecified atom stereocenters. The summed E-state index contributed by atoms with van der Waals surface area (Å²) in [6, 6.07) is 15.7. The van der Waals surface area contributed by atoms with E-state index < -0.39 is 0 Å². The molecule has 1 aliphatic rings. The third kappa shape index (κ3) is 3.10. The van der Waals surface area contributed by atoms with Gasteiger partial charge in [-0.2, -0.15) is 5.10 Å². The van der Waals surface area contributed by atoms with Gasteiger partial charge in [-0.25, -0.2) is 0 Å². The van der Waals surface area contributed by atoms with E-state index >= 15 is 0 Å². The molecule has 0 radical (unpaired) electrons. The first kappa shape index (κ1) is 16.4. The van der Waals surface area contributed by atoms with E-state index in [1.807, 2.05) is 42.5 Å². The molecule has 134 valence electrons.